The number of hydrogen-bond donors (Lipinski definition) is 1. The van der Waals surface area contributed by atoms with Gasteiger partial charge in [-0.25, -0.2) is 4.98 Å². The van der Waals surface area contributed by atoms with Crippen LogP contribution in [0.25, 0.3) is 10.2 Å². The van der Waals surface area contributed by atoms with Crippen LogP contribution in [0.5, 0.6) is 0 Å². The second kappa shape index (κ2) is 6.92. The monoisotopic (exact) mass is 385 g/mol. The van der Waals surface area contributed by atoms with Gasteiger partial charge in [0.1, 0.15) is 4.83 Å². The van der Waals surface area contributed by atoms with Gasteiger partial charge in [0, 0.05) is 31.7 Å². The number of thiophene rings is 1. The summed E-state index contributed by atoms with van der Waals surface area (Å²) in [5, 5.41) is 7.89. The van der Waals surface area contributed by atoms with Crippen LogP contribution in [0.1, 0.15) is 52.2 Å². The lowest BCUT2D eigenvalue weighted by Gasteiger charge is -2.31. The predicted octanol–water partition coefficient (Wildman–Crippen LogP) is 2.61. The molecule has 0 aliphatic carbocycles. The number of fused-ring (bicyclic) bond motifs is 1. The van der Waals surface area contributed by atoms with Crippen molar-refractivity contribution in [2.24, 2.45) is 7.05 Å². The van der Waals surface area contributed by atoms with E-state index >= 15 is 0 Å². The zero-order chi connectivity index (χ0) is 19.1. The van der Waals surface area contributed by atoms with E-state index in [2.05, 4.69) is 22.1 Å². The molecule has 1 aliphatic rings. The SMILES string of the molecule is CCc1cn[nH]c1C1CCN(C(=O)c2sc3ncn(C)c(=O)c3c2C)CC1. The molecule has 142 valence electrons. The third-order valence-corrected chi connectivity index (χ3v) is 6.72. The molecule has 0 unspecified atom stereocenters. The fourth-order valence-electron chi connectivity index (χ4n) is 3.88. The lowest BCUT2D eigenvalue weighted by Crippen LogP contribution is -2.38. The Balaban J connectivity index is 1.55. The van der Waals surface area contributed by atoms with Crippen LogP contribution in [0.4, 0.5) is 0 Å². The number of rotatable bonds is 3. The molecule has 0 aromatic carbocycles. The summed E-state index contributed by atoms with van der Waals surface area (Å²) in [7, 11) is 1.68. The molecule has 4 rings (SSSR count). The molecular weight excluding hydrogens is 362 g/mol. The average Bonchev–Trinajstić information content (AvgIpc) is 3.29. The van der Waals surface area contributed by atoms with E-state index in [-0.39, 0.29) is 11.5 Å². The molecule has 0 atom stereocenters. The van der Waals surface area contributed by atoms with Crippen LogP contribution < -0.4 is 5.56 Å². The molecule has 1 amide bonds. The van der Waals surface area contributed by atoms with E-state index in [1.807, 2.05) is 18.0 Å². The number of nitrogens with zero attached hydrogens (tertiary/aromatic N) is 4. The number of carbonyl (C=O) groups excluding carboxylic acids is 1. The lowest BCUT2D eigenvalue weighted by atomic mass is 9.90. The summed E-state index contributed by atoms with van der Waals surface area (Å²) in [4.78, 5) is 33.0. The van der Waals surface area contributed by atoms with Gasteiger partial charge >= 0.3 is 0 Å². The van der Waals surface area contributed by atoms with E-state index in [9.17, 15) is 9.59 Å². The summed E-state index contributed by atoms with van der Waals surface area (Å²) >= 11 is 1.32. The van der Waals surface area contributed by atoms with Crippen molar-refractivity contribution in [1.29, 1.82) is 0 Å². The van der Waals surface area contributed by atoms with Crippen LogP contribution in [0.15, 0.2) is 17.3 Å². The molecular formula is C19H23N5O2S. The topological polar surface area (TPSA) is 83.9 Å². The summed E-state index contributed by atoms with van der Waals surface area (Å²) in [6.07, 6.45) is 6.22. The number of piperidine rings is 1. The van der Waals surface area contributed by atoms with Crippen LogP contribution in [0.3, 0.4) is 0 Å². The van der Waals surface area contributed by atoms with Gasteiger partial charge in [0.05, 0.1) is 22.8 Å². The summed E-state index contributed by atoms with van der Waals surface area (Å²) in [5.74, 6) is 0.431. The van der Waals surface area contributed by atoms with Gasteiger partial charge in [0.2, 0.25) is 0 Å². The maximum Gasteiger partial charge on any atom is 0.264 e. The molecule has 0 saturated carbocycles. The number of H-pyrrole nitrogens is 1. The zero-order valence-electron chi connectivity index (χ0n) is 15.8. The minimum Gasteiger partial charge on any atom is -0.338 e. The van der Waals surface area contributed by atoms with Crippen LogP contribution >= 0.6 is 11.3 Å². The van der Waals surface area contributed by atoms with Gasteiger partial charge in [-0.3, -0.25) is 14.7 Å². The van der Waals surface area contributed by atoms with E-state index in [0.717, 1.165) is 24.8 Å². The van der Waals surface area contributed by atoms with Crippen molar-refractivity contribution in [2.75, 3.05) is 13.1 Å². The van der Waals surface area contributed by atoms with Crippen LogP contribution in [0, 0.1) is 6.92 Å². The number of amides is 1. The van der Waals surface area contributed by atoms with Crippen molar-refractivity contribution >= 4 is 27.5 Å². The molecule has 1 fully saturated rings. The Hall–Kier alpha value is -2.48. The van der Waals surface area contributed by atoms with Crippen molar-refractivity contribution in [2.45, 2.75) is 39.0 Å². The number of nitrogens with one attached hydrogen (secondary N) is 1. The van der Waals surface area contributed by atoms with Gasteiger partial charge in [-0.05, 0) is 37.3 Å². The maximum atomic E-state index is 13.1. The average molecular weight is 385 g/mol. The Bertz CT molecular complexity index is 1060. The van der Waals surface area contributed by atoms with Gasteiger partial charge in [-0.15, -0.1) is 11.3 Å². The molecule has 4 heterocycles. The summed E-state index contributed by atoms with van der Waals surface area (Å²) in [6.45, 7) is 5.41. The maximum absolute atomic E-state index is 13.1. The van der Waals surface area contributed by atoms with Crippen molar-refractivity contribution in [3.63, 3.8) is 0 Å². The zero-order valence-corrected chi connectivity index (χ0v) is 16.6. The predicted molar refractivity (Wildman–Crippen MR) is 105 cm³/mol. The van der Waals surface area contributed by atoms with Gasteiger partial charge in [-0.1, -0.05) is 6.92 Å². The standard InChI is InChI=1S/C19H23N5O2S/c1-4-12-9-21-22-15(12)13-5-7-24(8-6-13)19(26)16-11(2)14-17(27-16)20-10-23(3)18(14)25/h9-10,13H,4-8H2,1-3H3,(H,21,22). The van der Waals surface area contributed by atoms with Gasteiger partial charge in [0.25, 0.3) is 11.5 Å². The Labute approximate surface area is 161 Å². The third-order valence-electron chi connectivity index (χ3n) is 5.53. The molecule has 7 nitrogen and oxygen atoms in total. The normalized spacial score (nSPS) is 15.6. The molecule has 8 heteroatoms. The molecule has 1 N–H and O–H groups in total. The number of aromatic amines is 1. The third kappa shape index (κ3) is 2.97. The van der Waals surface area contributed by atoms with E-state index in [1.54, 1.807) is 7.05 Å². The highest BCUT2D eigenvalue weighted by Crippen LogP contribution is 2.32. The van der Waals surface area contributed by atoms with Crippen LogP contribution in [-0.2, 0) is 13.5 Å². The second-order valence-corrected chi connectivity index (χ2v) is 8.12. The highest BCUT2D eigenvalue weighted by molar-refractivity contribution is 7.20. The fourth-order valence-corrected chi connectivity index (χ4v) is 4.99. The Morgan fingerprint density at radius 1 is 1.37 bits per heavy atom. The lowest BCUT2D eigenvalue weighted by molar-refractivity contribution is 0.0716. The molecule has 0 radical (unpaired) electrons. The molecule has 0 spiro atoms. The first-order chi connectivity index (χ1) is 13.0. The molecule has 3 aromatic heterocycles. The number of carbonyl (C=O) groups is 1. The minimum atomic E-state index is -0.0992. The highest BCUT2D eigenvalue weighted by Gasteiger charge is 2.29. The largest absolute Gasteiger partial charge is 0.338 e. The first kappa shape index (κ1) is 17.9. The van der Waals surface area contributed by atoms with E-state index in [4.69, 9.17) is 0 Å². The number of aromatic nitrogens is 4. The van der Waals surface area contributed by atoms with E-state index < -0.39 is 0 Å². The van der Waals surface area contributed by atoms with Gasteiger partial charge in [0.15, 0.2) is 0 Å². The Morgan fingerprint density at radius 2 is 2.11 bits per heavy atom. The molecule has 27 heavy (non-hydrogen) atoms. The van der Waals surface area contributed by atoms with Crippen molar-refractivity contribution in [3.05, 3.63) is 44.6 Å². The number of hydrogen-bond acceptors (Lipinski definition) is 5. The fraction of sp³-hybridized carbons (Fsp3) is 0.474. The van der Waals surface area contributed by atoms with Crippen molar-refractivity contribution in [3.8, 4) is 0 Å². The molecule has 1 aliphatic heterocycles. The second-order valence-electron chi connectivity index (χ2n) is 7.13. The quantitative estimate of drug-likeness (QED) is 0.751. The highest BCUT2D eigenvalue weighted by atomic mass is 32.1. The first-order valence-electron chi connectivity index (χ1n) is 9.27. The summed E-state index contributed by atoms with van der Waals surface area (Å²) in [5.41, 5.74) is 3.13. The van der Waals surface area contributed by atoms with E-state index in [0.29, 0.717) is 34.1 Å². The summed E-state index contributed by atoms with van der Waals surface area (Å²) < 4.78 is 1.46. The Kier molecular flexibility index (Phi) is 4.59. The smallest absolute Gasteiger partial charge is 0.264 e. The van der Waals surface area contributed by atoms with E-state index in [1.165, 1.54) is 33.5 Å². The molecule has 3 aromatic rings. The number of aryl methyl sites for hydroxylation is 3. The van der Waals surface area contributed by atoms with Gasteiger partial charge < -0.3 is 9.47 Å². The molecule has 1 saturated heterocycles. The Morgan fingerprint density at radius 3 is 2.81 bits per heavy atom. The van der Waals surface area contributed by atoms with Crippen molar-refractivity contribution in [1.82, 2.24) is 24.6 Å². The minimum absolute atomic E-state index is 0.0105. The summed E-state index contributed by atoms with van der Waals surface area (Å²) in [6, 6.07) is 0. The molecule has 0 bridgehead atoms. The van der Waals surface area contributed by atoms with Gasteiger partial charge in [-0.2, -0.15) is 5.10 Å². The van der Waals surface area contributed by atoms with Crippen molar-refractivity contribution < 1.29 is 4.79 Å². The van der Waals surface area contributed by atoms with Crippen LogP contribution in [-0.4, -0.2) is 43.6 Å². The number of likely N-dealkylation sites (tertiary alicyclic amines) is 1. The first-order valence-corrected chi connectivity index (χ1v) is 10.1. The van der Waals surface area contributed by atoms with Crippen LogP contribution in [0.2, 0.25) is 0 Å².